The zero-order valence-corrected chi connectivity index (χ0v) is 10.6. The van der Waals surface area contributed by atoms with E-state index in [2.05, 4.69) is 31.1 Å². The summed E-state index contributed by atoms with van der Waals surface area (Å²) in [6.07, 6.45) is 1.44. The van der Waals surface area contributed by atoms with Crippen molar-refractivity contribution in [1.29, 1.82) is 0 Å². The molecule has 0 aromatic carbocycles. The average molecular weight is 210 g/mol. The molecule has 78 valence electrons. The number of hydrogen-bond donors (Lipinski definition) is 0. The summed E-state index contributed by atoms with van der Waals surface area (Å²) in [5, 5.41) is 0. The van der Waals surface area contributed by atoms with Crippen molar-refractivity contribution < 1.29 is 9.53 Å². The van der Waals surface area contributed by atoms with Crippen LogP contribution in [0.1, 0.15) is 13.8 Å². The van der Waals surface area contributed by atoms with E-state index in [9.17, 15) is 4.79 Å². The summed E-state index contributed by atoms with van der Waals surface area (Å²) >= 11 is 0. The van der Waals surface area contributed by atoms with E-state index in [0.29, 0.717) is 6.61 Å². The largest absolute Gasteiger partial charge is 0.463 e. The number of carbonyl (C=O) groups is 1. The lowest BCUT2D eigenvalue weighted by atomic mass is 10.3. The maximum absolute atomic E-state index is 11.0. The Morgan fingerprint density at radius 1 is 1.43 bits per heavy atom. The molecule has 0 aromatic heterocycles. The zero-order valence-electron chi connectivity index (χ0n) is 9.60. The number of hydrogen-bond acceptors (Lipinski definition) is 2. The Hall–Kier alpha value is -1.01. The molecule has 0 heterocycles. The Balaban J connectivity index is 4.38. The minimum Gasteiger partial charge on any atom is -0.463 e. The van der Waals surface area contributed by atoms with Crippen molar-refractivity contribution in [3.63, 3.8) is 0 Å². The molecule has 0 rings (SSSR count). The molecule has 3 heteroatoms. The maximum Gasteiger partial charge on any atom is 0.331 e. The van der Waals surface area contributed by atoms with Crippen LogP contribution in [0.4, 0.5) is 0 Å². The van der Waals surface area contributed by atoms with Crippen molar-refractivity contribution in [2.24, 2.45) is 0 Å². The van der Waals surface area contributed by atoms with Gasteiger partial charge in [0.25, 0.3) is 0 Å². The molecule has 0 N–H and O–H groups in total. The Morgan fingerprint density at radius 3 is 2.43 bits per heavy atom. The van der Waals surface area contributed by atoms with Crippen molar-refractivity contribution in [3.8, 4) is 11.5 Å². The molecule has 14 heavy (non-hydrogen) atoms. The van der Waals surface area contributed by atoms with Crippen molar-refractivity contribution >= 4 is 14.0 Å². The van der Waals surface area contributed by atoms with Crippen LogP contribution in [0.5, 0.6) is 0 Å². The first-order valence-corrected chi connectivity index (χ1v) is 8.23. The summed E-state index contributed by atoms with van der Waals surface area (Å²) < 4.78 is 4.77. The van der Waals surface area contributed by atoms with Gasteiger partial charge in [-0.2, -0.15) is 0 Å². The average Bonchev–Trinajstić information content (AvgIpc) is 2.00. The molecule has 0 saturated carbocycles. The van der Waals surface area contributed by atoms with E-state index in [4.69, 9.17) is 4.74 Å². The second-order valence-corrected chi connectivity index (χ2v) is 8.83. The van der Waals surface area contributed by atoms with Crippen LogP contribution in [-0.2, 0) is 9.53 Å². The Labute approximate surface area is 87.4 Å². The fraction of sp³-hybridized carbons (Fsp3) is 0.545. The molecular weight excluding hydrogens is 192 g/mol. The van der Waals surface area contributed by atoms with Gasteiger partial charge >= 0.3 is 5.97 Å². The highest BCUT2D eigenvalue weighted by Gasteiger charge is 2.07. The van der Waals surface area contributed by atoms with E-state index < -0.39 is 8.07 Å². The van der Waals surface area contributed by atoms with Gasteiger partial charge in [0.2, 0.25) is 0 Å². The van der Waals surface area contributed by atoms with Gasteiger partial charge in [-0.25, -0.2) is 4.79 Å². The van der Waals surface area contributed by atoms with E-state index >= 15 is 0 Å². The second kappa shape index (κ2) is 5.66. The third-order valence-corrected chi connectivity index (χ3v) is 2.13. The van der Waals surface area contributed by atoms with Crippen molar-refractivity contribution in [3.05, 3.63) is 11.6 Å². The van der Waals surface area contributed by atoms with Gasteiger partial charge < -0.3 is 4.74 Å². The van der Waals surface area contributed by atoms with Crippen LogP contribution >= 0.6 is 0 Å². The van der Waals surface area contributed by atoms with E-state index in [-0.39, 0.29) is 5.97 Å². The van der Waals surface area contributed by atoms with Gasteiger partial charge in [-0.15, -0.1) is 5.54 Å². The van der Waals surface area contributed by atoms with Gasteiger partial charge in [-0.1, -0.05) is 25.6 Å². The molecule has 0 aliphatic rings. The van der Waals surface area contributed by atoms with E-state index in [1.165, 1.54) is 6.08 Å². The van der Waals surface area contributed by atoms with Crippen LogP contribution in [0.25, 0.3) is 0 Å². The third kappa shape index (κ3) is 7.63. The summed E-state index contributed by atoms with van der Waals surface area (Å²) in [5.74, 6) is 2.67. The van der Waals surface area contributed by atoms with Crippen LogP contribution < -0.4 is 0 Å². The normalized spacial score (nSPS) is 11.6. The van der Waals surface area contributed by atoms with Crippen LogP contribution in [0.3, 0.4) is 0 Å². The topological polar surface area (TPSA) is 26.3 Å². The predicted octanol–water partition coefficient (Wildman–Crippen LogP) is 2.38. The fourth-order valence-electron chi connectivity index (χ4n) is 0.683. The number of ether oxygens (including phenoxy) is 1. The zero-order chi connectivity index (χ0) is 11.2. The highest BCUT2D eigenvalue weighted by Crippen LogP contribution is 1.98. The fourth-order valence-corrected chi connectivity index (χ4v) is 1.26. The number of rotatable bonds is 2. The van der Waals surface area contributed by atoms with Gasteiger partial charge in [0, 0.05) is 11.6 Å². The first-order valence-electron chi connectivity index (χ1n) is 4.73. The van der Waals surface area contributed by atoms with Gasteiger partial charge in [0.05, 0.1) is 6.61 Å². The van der Waals surface area contributed by atoms with Crippen molar-refractivity contribution in [1.82, 2.24) is 0 Å². The number of allylic oxidation sites excluding steroid dienone is 1. The van der Waals surface area contributed by atoms with Crippen LogP contribution in [-0.4, -0.2) is 20.7 Å². The molecule has 0 bridgehead atoms. The second-order valence-electron chi connectivity index (χ2n) is 4.08. The third-order valence-electron chi connectivity index (χ3n) is 1.26. The Morgan fingerprint density at radius 2 is 2.00 bits per heavy atom. The van der Waals surface area contributed by atoms with Gasteiger partial charge in [-0.3, -0.25) is 0 Å². The van der Waals surface area contributed by atoms with Gasteiger partial charge in [0.15, 0.2) is 0 Å². The molecule has 0 radical (unpaired) electrons. The summed E-state index contributed by atoms with van der Waals surface area (Å²) in [7, 11) is -1.34. The van der Waals surface area contributed by atoms with Gasteiger partial charge in [0.1, 0.15) is 8.07 Å². The maximum atomic E-state index is 11.0. The highest BCUT2D eigenvalue weighted by molar-refractivity contribution is 6.83. The molecule has 0 atom stereocenters. The van der Waals surface area contributed by atoms with Gasteiger partial charge in [-0.05, 0) is 13.8 Å². The molecule has 0 amide bonds. The van der Waals surface area contributed by atoms with E-state index in [1.807, 2.05) is 6.92 Å². The lowest BCUT2D eigenvalue weighted by Crippen LogP contribution is -2.16. The summed E-state index contributed by atoms with van der Waals surface area (Å²) in [6.45, 7) is 10.5. The van der Waals surface area contributed by atoms with Crippen LogP contribution in [0, 0.1) is 11.5 Å². The minimum absolute atomic E-state index is 0.310. The molecule has 0 fully saturated rings. The first-order chi connectivity index (χ1) is 6.35. The summed E-state index contributed by atoms with van der Waals surface area (Å²) in [6, 6.07) is 0. The SMILES string of the molecule is CCOC(=O)/C=C(\C)C#C[Si](C)(C)C. The van der Waals surface area contributed by atoms with Crippen molar-refractivity contribution in [2.75, 3.05) is 6.61 Å². The molecule has 0 aliphatic carbocycles. The predicted molar refractivity (Wildman–Crippen MR) is 61.5 cm³/mol. The smallest absolute Gasteiger partial charge is 0.331 e. The Bertz CT molecular complexity index is 287. The van der Waals surface area contributed by atoms with Crippen LogP contribution in [0.15, 0.2) is 11.6 Å². The lowest BCUT2D eigenvalue weighted by Gasteiger charge is -2.03. The molecule has 0 aliphatic heterocycles. The summed E-state index contributed by atoms with van der Waals surface area (Å²) in [4.78, 5) is 11.0. The number of esters is 1. The molecule has 2 nitrogen and oxygen atoms in total. The van der Waals surface area contributed by atoms with Crippen molar-refractivity contribution in [2.45, 2.75) is 33.5 Å². The lowest BCUT2D eigenvalue weighted by molar-refractivity contribution is -0.137. The quantitative estimate of drug-likeness (QED) is 0.303. The monoisotopic (exact) mass is 210 g/mol. The molecule has 0 spiro atoms. The number of carbonyl (C=O) groups excluding carboxylic acids is 1. The van der Waals surface area contributed by atoms with Crippen LogP contribution in [0.2, 0.25) is 19.6 Å². The van der Waals surface area contributed by atoms with E-state index in [0.717, 1.165) is 5.57 Å². The highest BCUT2D eigenvalue weighted by atomic mass is 28.3. The standard InChI is InChI=1S/C11H18O2Si/c1-6-13-11(12)9-10(2)7-8-14(3,4)5/h9H,6H2,1-5H3/b10-9+. The summed E-state index contributed by atoms with van der Waals surface area (Å²) in [5.41, 5.74) is 3.95. The molecule has 0 aromatic rings. The molecular formula is C11H18O2Si. The molecule has 0 saturated heterocycles. The first kappa shape index (κ1) is 13.0. The minimum atomic E-state index is -1.34. The molecule has 0 unspecified atom stereocenters. The van der Waals surface area contributed by atoms with E-state index in [1.54, 1.807) is 6.92 Å². The Kier molecular flexibility index (Phi) is 5.25.